The van der Waals surface area contributed by atoms with Crippen LogP contribution in [-0.2, 0) is 13.1 Å². The third kappa shape index (κ3) is 1.50. The van der Waals surface area contributed by atoms with Gasteiger partial charge in [-0.15, -0.1) is 5.10 Å². The average molecular weight is 163 g/mol. The molecular weight excluding hydrogens is 154 g/mol. The van der Waals surface area contributed by atoms with E-state index in [2.05, 4.69) is 15.4 Å². The molecule has 0 N–H and O–H groups in total. The van der Waals surface area contributed by atoms with E-state index in [9.17, 15) is 0 Å². The Morgan fingerprint density at radius 2 is 1.92 bits per heavy atom. The maximum Gasteiger partial charge on any atom is 0.0692 e. The van der Waals surface area contributed by atoms with Crippen LogP contribution in [0.15, 0.2) is 30.9 Å². The SMILES string of the molecule is c1cnn(CCn2ccnn2)c1. The fraction of sp³-hybridized carbons (Fsp3) is 0.286. The summed E-state index contributed by atoms with van der Waals surface area (Å²) in [6.07, 6.45) is 7.20. The zero-order chi connectivity index (χ0) is 8.23. The summed E-state index contributed by atoms with van der Waals surface area (Å²) in [5.41, 5.74) is 0. The summed E-state index contributed by atoms with van der Waals surface area (Å²) in [6.45, 7) is 1.64. The van der Waals surface area contributed by atoms with Crippen LogP contribution >= 0.6 is 0 Å². The van der Waals surface area contributed by atoms with Crippen LogP contribution in [0.25, 0.3) is 0 Å². The first-order valence-corrected chi connectivity index (χ1v) is 3.77. The van der Waals surface area contributed by atoms with Crippen molar-refractivity contribution in [3.8, 4) is 0 Å². The average Bonchev–Trinajstić information content (AvgIpc) is 2.74. The first-order valence-electron chi connectivity index (χ1n) is 3.77. The standard InChI is InChI=1S/C7H9N5/c1-2-9-11(4-1)6-7-12-5-3-8-10-12/h1-5H,6-7H2. The van der Waals surface area contributed by atoms with Crippen molar-refractivity contribution >= 4 is 0 Å². The van der Waals surface area contributed by atoms with E-state index in [0.29, 0.717) is 0 Å². The molecule has 0 amide bonds. The second-order valence-corrected chi connectivity index (χ2v) is 2.44. The minimum atomic E-state index is 0.807. The van der Waals surface area contributed by atoms with Crippen molar-refractivity contribution < 1.29 is 0 Å². The summed E-state index contributed by atoms with van der Waals surface area (Å²) in [7, 11) is 0. The molecule has 0 unspecified atom stereocenters. The van der Waals surface area contributed by atoms with Crippen molar-refractivity contribution in [2.24, 2.45) is 0 Å². The van der Waals surface area contributed by atoms with E-state index in [0.717, 1.165) is 13.1 Å². The molecule has 2 heterocycles. The van der Waals surface area contributed by atoms with Crippen molar-refractivity contribution in [2.75, 3.05) is 0 Å². The molecule has 0 aliphatic carbocycles. The molecule has 0 saturated carbocycles. The second-order valence-electron chi connectivity index (χ2n) is 2.44. The van der Waals surface area contributed by atoms with Gasteiger partial charge in [-0.25, -0.2) is 0 Å². The van der Waals surface area contributed by atoms with Gasteiger partial charge in [-0.05, 0) is 6.07 Å². The van der Waals surface area contributed by atoms with E-state index < -0.39 is 0 Å². The number of hydrogen-bond acceptors (Lipinski definition) is 3. The molecule has 0 radical (unpaired) electrons. The molecule has 0 saturated heterocycles. The lowest BCUT2D eigenvalue weighted by Gasteiger charge is -1.99. The van der Waals surface area contributed by atoms with Crippen LogP contribution in [0, 0.1) is 0 Å². The molecule has 5 heteroatoms. The maximum atomic E-state index is 4.07. The molecule has 0 fully saturated rings. The third-order valence-electron chi connectivity index (χ3n) is 1.59. The summed E-state index contributed by atoms with van der Waals surface area (Å²) in [6, 6.07) is 1.90. The van der Waals surface area contributed by atoms with Gasteiger partial charge in [-0.2, -0.15) is 5.10 Å². The van der Waals surface area contributed by atoms with Crippen molar-refractivity contribution in [1.82, 2.24) is 24.8 Å². The Morgan fingerprint density at radius 3 is 2.58 bits per heavy atom. The molecule has 5 nitrogen and oxygen atoms in total. The molecule has 2 rings (SSSR count). The van der Waals surface area contributed by atoms with Crippen LogP contribution in [-0.4, -0.2) is 24.8 Å². The van der Waals surface area contributed by atoms with Gasteiger partial charge < -0.3 is 0 Å². The van der Waals surface area contributed by atoms with Crippen LogP contribution in [0.5, 0.6) is 0 Å². The third-order valence-corrected chi connectivity index (χ3v) is 1.59. The number of rotatable bonds is 3. The van der Waals surface area contributed by atoms with Gasteiger partial charge >= 0.3 is 0 Å². The first kappa shape index (κ1) is 7.02. The fourth-order valence-corrected chi connectivity index (χ4v) is 0.990. The quantitative estimate of drug-likeness (QED) is 0.648. The summed E-state index contributed by atoms with van der Waals surface area (Å²) >= 11 is 0. The van der Waals surface area contributed by atoms with Gasteiger partial charge in [0.15, 0.2) is 0 Å². The lowest BCUT2D eigenvalue weighted by atomic mass is 10.6. The molecule has 0 aromatic carbocycles. The number of aromatic nitrogens is 5. The Balaban J connectivity index is 1.91. The van der Waals surface area contributed by atoms with Gasteiger partial charge in [0.25, 0.3) is 0 Å². The van der Waals surface area contributed by atoms with Crippen molar-refractivity contribution in [3.05, 3.63) is 30.9 Å². The predicted octanol–water partition coefficient (Wildman–Crippen LogP) is 0.175. The molecule has 0 aliphatic heterocycles. The van der Waals surface area contributed by atoms with E-state index in [1.807, 2.05) is 23.1 Å². The highest BCUT2D eigenvalue weighted by Gasteiger charge is 1.92. The molecule has 2 aromatic heterocycles. The first-order chi connectivity index (χ1) is 5.95. The highest BCUT2D eigenvalue weighted by atomic mass is 15.4. The van der Waals surface area contributed by atoms with E-state index in [1.165, 1.54) is 0 Å². The molecule has 0 spiro atoms. The topological polar surface area (TPSA) is 48.5 Å². The smallest absolute Gasteiger partial charge is 0.0692 e. The van der Waals surface area contributed by atoms with Crippen molar-refractivity contribution in [3.63, 3.8) is 0 Å². The number of aryl methyl sites for hydroxylation is 2. The molecular formula is C7H9N5. The fourth-order valence-electron chi connectivity index (χ4n) is 0.990. The predicted molar refractivity (Wildman–Crippen MR) is 42.2 cm³/mol. The largest absolute Gasteiger partial charge is 0.271 e. The highest BCUT2D eigenvalue weighted by molar-refractivity contribution is 4.77. The number of hydrogen-bond donors (Lipinski definition) is 0. The molecule has 12 heavy (non-hydrogen) atoms. The summed E-state index contributed by atoms with van der Waals surface area (Å²) < 4.78 is 3.64. The minimum Gasteiger partial charge on any atom is -0.271 e. The van der Waals surface area contributed by atoms with Gasteiger partial charge in [0, 0.05) is 18.6 Å². The Labute approximate surface area is 69.6 Å². The zero-order valence-electron chi connectivity index (χ0n) is 6.54. The minimum absolute atomic E-state index is 0.807. The van der Waals surface area contributed by atoms with Gasteiger partial charge in [0.1, 0.15) is 0 Å². The van der Waals surface area contributed by atoms with Crippen LogP contribution < -0.4 is 0 Å². The second kappa shape index (κ2) is 3.17. The zero-order valence-corrected chi connectivity index (χ0v) is 6.54. The normalized spacial score (nSPS) is 10.3. The van der Waals surface area contributed by atoms with Crippen molar-refractivity contribution in [1.29, 1.82) is 0 Å². The van der Waals surface area contributed by atoms with Crippen molar-refractivity contribution in [2.45, 2.75) is 13.1 Å². The maximum absolute atomic E-state index is 4.07. The summed E-state index contributed by atoms with van der Waals surface area (Å²) in [5, 5.41) is 11.6. The Bertz CT molecular complexity index is 275. The Kier molecular flexibility index (Phi) is 1.85. The highest BCUT2D eigenvalue weighted by Crippen LogP contribution is 1.87. The van der Waals surface area contributed by atoms with Gasteiger partial charge in [-0.1, -0.05) is 5.21 Å². The number of nitrogens with zero attached hydrogens (tertiary/aromatic N) is 5. The molecule has 0 atom stereocenters. The van der Waals surface area contributed by atoms with Crippen LogP contribution in [0.3, 0.4) is 0 Å². The lowest BCUT2D eigenvalue weighted by molar-refractivity contribution is 0.490. The molecule has 0 bridgehead atoms. The molecule has 2 aromatic rings. The van der Waals surface area contributed by atoms with Crippen LogP contribution in [0.2, 0.25) is 0 Å². The van der Waals surface area contributed by atoms with E-state index in [-0.39, 0.29) is 0 Å². The summed E-state index contributed by atoms with van der Waals surface area (Å²) in [5.74, 6) is 0. The Hall–Kier alpha value is -1.65. The van der Waals surface area contributed by atoms with E-state index in [4.69, 9.17) is 0 Å². The van der Waals surface area contributed by atoms with Gasteiger partial charge in [0.05, 0.1) is 19.3 Å². The molecule has 62 valence electrons. The van der Waals surface area contributed by atoms with Gasteiger partial charge in [0.2, 0.25) is 0 Å². The summed E-state index contributed by atoms with van der Waals surface area (Å²) in [4.78, 5) is 0. The van der Waals surface area contributed by atoms with E-state index >= 15 is 0 Å². The monoisotopic (exact) mass is 163 g/mol. The van der Waals surface area contributed by atoms with Crippen LogP contribution in [0.1, 0.15) is 0 Å². The van der Waals surface area contributed by atoms with Gasteiger partial charge in [-0.3, -0.25) is 9.36 Å². The van der Waals surface area contributed by atoms with E-state index in [1.54, 1.807) is 17.1 Å². The lowest BCUT2D eigenvalue weighted by Crippen LogP contribution is -2.08. The Morgan fingerprint density at radius 1 is 1.00 bits per heavy atom. The molecule has 0 aliphatic rings. The van der Waals surface area contributed by atoms with Crippen LogP contribution in [0.4, 0.5) is 0 Å².